The zero-order valence-corrected chi connectivity index (χ0v) is 17.6. The van der Waals surface area contributed by atoms with Gasteiger partial charge in [-0.2, -0.15) is 4.52 Å². The Morgan fingerprint density at radius 1 is 1.17 bits per heavy atom. The number of rotatable bonds is 5. The molecule has 154 valence electrons. The van der Waals surface area contributed by atoms with Gasteiger partial charge in [0.15, 0.2) is 23.0 Å². The highest BCUT2D eigenvalue weighted by atomic mass is 32.1. The average molecular weight is 423 g/mol. The maximum absolute atomic E-state index is 6.06. The third kappa shape index (κ3) is 3.25. The fourth-order valence-corrected chi connectivity index (χ4v) is 4.53. The summed E-state index contributed by atoms with van der Waals surface area (Å²) >= 11 is 1.61. The van der Waals surface area contributed by atoms with E-state index in [1.165, 1.54) is 11.1 Å². The van der Waals surface area contributed by atoms with E-state index in [0.29, 0.717) is 18.3 Å². The predicted octanol–water partition coefficient (Wildman–Crippen LogP) is 3.01. The Hall–Kier alpha value is -3.17. The van der Waals surface area contributed by atoms with Gasteiger partial charge in [0.05, 0.1) is 19.1 Å². The van der Waals surface area contributed by atoms with Crippen molar-refractivity contribution in [1.82, 2.24) is 24.5 Å². The molecule has 0 atom stereocenters. The Balaban J connectivity index is 1.45. The number of benzene rings is 1. The first-order valence-corrected chi connectivity index (χ1v) is 10.5. The van der Waals surface area contributed by atoms with Gasteiger partial charge in [-0.05, 0) is 41.1 Å². The Labute approximate surface area is 177 Å². The Kier molecular flexibility index (Phi) is 4.76. The Morgan fingerprint density at radius 2 is 1.97 bits per heavy atom. The molecule has 9 heteroatoms. The second-order valence-electron chi connectivity index (χ2n) is 7.23. The molecule has 0 fully saturated rings. The summed E-state index contributed by atoms with van der Waals surface area (Å²) in [6.45, 7) is 2.47. The van der Waals surface area contributed by atoms with Crippen LogP contribution >= 0.6 is 11.3 Å². The first kappa shape index (κ1) is 18.8. The lowest BCUT2D eigenvalue weighted by atomic mass is 9.98. The summed E-state index contributed by atoms with van der Waals surface area (Å²) in [4.78, 5) is 12.5. The summed E-state index contributed by atoms with van der Waals surface area (Å²) in [5.74, 6) is 2.54. The third-order valence-corrected chi connectivity index (χ3v) is 6.26. The molecule has 0 spiro atoms. The van der Waals surface area contributed by atoms with E-state index in [-0.39, 0.29) is 0 Å². The molecule has 4 heterocycles. The van der Waals surface area contributed by atoms with E-state index in [0.717, 1.165) is 47.1 Å². The average Bonchev–Trinajstić information content (AvgIpc) is 3.45. The topological polar surface area (TPSA) is 90.8 Å². The molecule has 4 aromatic rings. The van der Waals surface area contributed by atoms with Crippen molar-refractivity contribution in [3.05, 3.63) is 52.5 Å². The molecule has 0 saturated carbocycles. The van der Waals surface area contributed by atoms with Crippen LogP contribution in [-0.4, -0.2) is 45.2 Å². The fraction of sp³-hybridized carbons (Fsp3) is 0.286. The first-order chi connectivity index (χ1) is 14.7. The van der Waals surface area contributed by atoms with E-state index in [1.807, 2.05) is 23.7 Å². The lowest BCUT2D eigenvalue weighted by Gasteiger charge is -2.29. The molecule has 2 N–H and O–H groups in total. The third-order valence-electron chi connectivity index (χ3n) is 5.40. The van der Waals surface area contributed by atoms with Gasteiger partial charge >= 0.3 is 0 Å². The molecule has 30 heavy (non-hydrogen) atoms. The van der Waals surface area contributed by atoms with Crippen molar-refractivity contribution in [1.29, 1.82) is 0 Å². The number of nitrogens with zero attached hydrogens (tertiary/aromatic N) is 5. The lowest BCUT2D eigenvalue weighted by molar-refractivity contribution is 0.244. The van der Waals surface area contributed by atoms with Crippen molar-refractivity contribution in [2.75, 3.05) is 26.5 Å². The Bertz CT molecular complexity index is 1200. The number of hydrogen-bond donors (Lipinski definition) is 1. The van der Waals surface area contributed by atoms with Crippen LogP contribution in [0.3, 0.4) is 0 Å². The summed E-state index contributed by atoms with van der Waals surface area (Å²) in [5.41, 5.74) is 10.4. The summed E-state index contributed by atoms with van der Waals surface area (Å²) < 4.78 is 12.6. The van der Waals surface area contributed by atoms with Crippen molar-refractivity contribution in [3.63, 3.8) is 0 Å². The quantitative estimate of drug-likeness (QED) is 0.529. The number of ether oxygens (including phenoxy) is 2. The highest BCUT2D eigenvalue weighted by molar-refractivity contribution is 7.13. The van der Waals surface area contributed by atoms with Crippen LogP contribution in [0.5, 0.6) is 11.5 Å². The Morgan fingerprint density at radius 3 is 2.70 bits per heavy atom. The first-order valence-electron chi connectivity index (χ1n) is 9.66. The molecule has 0 bridgehead atoms. The molecule has 0 radical (unpaired) electrons. The molecular formula is C21H22N6O2S. The number of aromatic nitrogens is 4. The molecule has 1 aliphatic heterocycles. The molecule has 0 aliphatic carbocycles. The van der Waals surface area contributed by atoms with E-state index in [9.17, 15) is 0 Å². The highest BCUT2D eigenvalue weighted by Gasteiger charge is 2.21. The molecular weight excluding hydrogens is 400 g/mol. The van der Waals surface area contributed by atoms with Crippen molar-refractivity contribution < 1.29 is 9.47 Å². The number of anilines is 1. The van der Waals surface area contributed by atoms with Gasteiger partial charge in [0.2, 0.25) is 5.95 Å². The number of nitrogen functional groups attached to an aromatic ring is 1. The van der Waals surface area contributed by atoms with Gasteiger partial charge in [0, 0.05) is 31.4 Å². The van der Waals surface area contributed by atoms with Crippen LogP contribution in [0.4, 0.5) is 5.95 Å². The second kappa shape index (κ2) is 7.58. The number of hydrogen-bond acceptors (Lipinski definition) is 8. The summed E-state index contributed by atoms with van der Waals surface area (Å²) in [5, 5.41) is 6.58. The molecule has 8 nitrogen and oxygen atoms in total. The maximum Gasteiger partial charge on any atom is 0.223 e. The van der Waals surface area contributed by atoms with Crippen molar-refractivity contribution in [3.8, 4) is 22.2 Å². The smallest absolute Gasteiger partial charge is 0.223 e. The molecule has 5 rings (SSSR count). The highest BCUT2D eigenvalue weighted by Crippen LogP contribution is 2.33. The standard InChI is InChI=1S/C21H22N6O2S/c1-28-16-8-13-5-6-26(11-14(13)9-17(16)29-2)12-15-10-23-21(22)27-20(15)24-19(25-27)18-4-3-7-30-18/h3-4,7-10H,5-6,11-12H2,1-2H3,(H2,22,23). The van der Waals surface area contributed by atoms with Gasteiger partial charge in [-0.1, -0.05) is 6.07 Å². The summed E-state index contributed by atoms with van der Waals surface area (Å²) in [6.07, 6.45) is 2.75. The summed E-state index contributed by atoms with van der Waals surface area (Å²) in [7, 11) is 3.33. The van der Waals surface area contributed by atoms with Gasteiger partial charge in [0.25, 0.3) is 0 Å². The van der Waals surface area contributed by atoms with Crippen LogP contribution in [0.25, 0.3) is 16.3 Å². The van der Waals surface area contributed by atoms with Gasteiger partial charge in [-0.25, -0.2) is 9.97 Å². The van der Waals surface area contributed by atoms with Gasteiger partial charge in [-0.3, -0.25) is 4.90 Å². The minimum atomic E-state index is 0.338. The van der Waals surface area contributed by atoms with Crippen LogP contribution in [0.2, 0.25) is 0 Å². The van der Waals surface area contributed by atoms with Gasteiger partial charge in [0.1, 0.15) is 0 Å². The zero-order valence-electron chi connectivity index (χ0n) is 16.8. The van der Waals surface area contributed by atoms with Gasteiger partial charge in [-0.15, -0.1) is 16.4 Å². The molecule has 0 amide bonds. The summed E-state index contributed by atoms with van der Waals surface area (Å²) in [6, 6.07) is 8.15. The van der Waals surface area contributed by atoms with E-state index >= 15 is 0 Å². The van der Waals surface area contributed by atoms with Crippen LogP contribution < -0.4 is 15.2 Å². The van der Waals surface area contributed by atoms with E-state index < -0.39 is 0 Å². The largest absolute Gasteiger partial charge is 0.493 e. The predicted molar refractivity (Wildman–Crippen MR) is 116 cm³/mol. The normalized spacial score (nSPS) is 14.1. The lowest BCUT2D eigenvalue weighted by Crippen LogP contribution is -2.30. The zero-order chi connectivity index (χ0) is 20.7. The number of methoxy groups -OCH3 is 2. The maximum atomic E-state index is 6.06. The van der Waals surface area contributed by atoms with Crippen molar-refractivity contribution in [2.24, 2.45) is 0 Å². The van der Waals surface area contributed by atoms with Crippen molar-refractivity contribution >= 4 is 22.9 Å². The van der Waals surface area contributed by atoms with E-state index in [4.69, 9.17) is 20.2 Å². The molecule has 0 unspecified atom stereocenters. The minimum absolute atomic E-state index is 0.338. The SMILES string of the molecule is COc1cc2c(cc1OC)CN(Cc1cnc(N)n3nc(-c4cccs4)nc13)CC2. The number of thiophene rings is 1. The molecule has 1 aliphatic rings. The van der Waals surface area contributed by atoms with Crippen LogP contribution in [0, 0.1) is 0 Å². The van der Waals surface area contributed by atoms with Crippen LogP contribution in [-0.2, 0) is 19.5 Å². The van der Waals surface area contributed by atoms with E-state index in [2.05, 4.69) is 27.1 Å². The van der Waals surface area contributed by atoms with E-state index in [1.54, 1.807) is 30.1 Å². The monoisotopic (exact) mass is 422 g/mol. The fourth-order valence-electron chi connectivity index (χ4n) is 3.88. The molecule has 3 aromatic heterocycles. The number of nitrogens with two attached hydrogens (primary N) is 1. The molecule has 1 aromatic carbocycles. The second-order valence-corrected chi connectivity index (χ2v) is 8.17. The van der Waals surface area contributed by atoms with Crippen LogP contribution in [0.1, 0.15) is 16.7 Å². The van der Waals surface area contributed by atoms with Gasteiger partial charge < -0.3 is 15.2 Å². The number of fused-ring (bicyclic) bond motifs is 2. The molecule has 0 saturated heterocycles. The van der Waals surface area contributed by atoms with Crippen molar-refractivity contribution in [2.45, 2.75) is 19.5 Å². The minimum Gasteiger partial charge on any atom is -0.493 e. The van der Waals surface area contributed by atoms with Crippen LogP contribution in [0.15, 0.2) is 35.8 Å².